The lowest BCUT2D eigenvalue weighted by atomic mass is 10.1. The molecule has 0 saturated heterocycles. The number of aryl methyl sites for hydroxylation is 1. The number of nitrogens with zero attached hydrogens (tertiary/aromatic N) is 2. The molecule has 0 aliphatic carbocycles. The first-order valence-electron chi connectivity index (χ1n) is 7.74. The zero-order valence-corrected chi connectivity index (χ0v) is 13.9. The molecular weight excluding hydrogens is 367 g/mol. The van der Waals surface area contributed by atoms with Gasteiger partial charge in [-0.25, -0.2) is 13.8 Å². The van der Waals surface area contributed by atoms with Gasteiger partial charge in [-0.3, -0.25) is 0 Å². The smallest absolute Gasteiger partial charge is 0.340 e. The second kappa shape index (κ2) is 7.18. The highest BCUT2D eigenvalue weighted by Crippen LogP contribution is 2.35. The zero-order chi connectivity index (χ0) is 19.6. The van der Waals surface area contributed by atoms with E-state index in [1.807, 2.05) is 0 Å². The first kappa shape index (κ1) is 18.6. The average molecular weight is 380 g/mol. The van der Waals surface area contributed by atoms with Gasteiger partial charge in [-0.05, 0) is 31.2 Å². The molecule has 0 bridgehead atoms. The maximum atomic E-state index is 13.8. The van der Waals surface area contributed by atoms with Crippen molar-refractivity contribution >= 4 is 23.1 Å². The summed E-state index contributed by atoms with van der Waals surface area (Å²) in [4.78, 5) is 8.00. The van der Waals surface area contributed by atoms with Gasteiger partial charge < -0.3 is 10.6 Å². The summed E-state index contributed by atoms with van der Waals surface area (Å²) in [5, 5.41) is 4.99. The van der Waals surface area contributed by atoms with Crippen LogP contribution in [-0.2, 0) is 6.18 Å². The molecule has 0 aliphatic heterocycles. The highest BCUT2D eigenvalue weighted by atomic mass is 19.4. The number of para-hydroxylation sites is 2. The summed E-state index contributed by atoms with van der Waals surface area (Å²) in [6.45, 7) is 1.57. The van der Waals surface area contributed by atoms with Gasteiger partial charge in [-0.1, -0.05) is 18.2 Å². The second-order valence-corrected chi connectivity index (χ2v) is 5.61. The van der Waals surface area contributed by atoms with Crippen molar-refractivity contribution in [3.63, 3.8) is 0 Å². The molecule has 1 heterocycles. The monoisotopic (exact) mass is 380 g/mol. The minimum Gasteiger partial charge on any atom is -0.340 e. The SMILES string of the molecule is Cc1cc(Nc2ccccc2C(F)(F)F)nc(Nc2c(F)cccc2F)n1. The first-order valence-corrected chi connectivity index (χ1v) is 7.74. The molecule has 4 nitrogen and oxygen atoms in total. The number of hydrogen-bond donors (Lipinski definition) is 2. The van der Waals surface area contributed by atoms with Crippen molar-refractivity contribution < 1.29 is 22.0 Å². The highest BCUT2D eigenvalue weighted by Gasteiger charge is 2.33. The second-order valence-electron chi connectivity index (χ2n) is 5.61. The lowest BCUT2D eigenvalue weighted by molar-refractivity contribution is -0.136. The summed E-state index contributed by atoms with van der Waals surface area (Å²) in [7, 11) is 0. The molecule has 0 amide bonds. The lowest BCUT2D eigenvalue weighted by Crippen LogP contribution is -2.10. The summed E-state index contributed by atoms with van der Waals surface area (Å²) in [5.41, 5.74) is -1.14. The summed E-state index contributed by atoms with van der Waals surface area (Å²) in [6.07, 6.45) is -4.55. The van der Waals surface area contributed by atoms with E-state index < -0.39 is 29.1 Å². The molecule has 0 atom stereocenters. The summed E-state index contributed by atoms with van der Waals surface area (Å²) < 4.78 is 66.9. The van der Waals surface area contributed by atoms with Crippen LogP contribution in [0.5, 0.6) is 0 Å². The number of alkyl halides is 3. The fourth-order valence-corrected chi connectivity index (χ4v) is 2.39. The molecule has 9 heteroatoms. The number of hydrogen-bond acceptors (Lipinski definition) is 4. The van der Waals surface area contributed by atoms with E-state index in [2.05, 4.69) is 20.6 Å². The maximum absolute atomic E-state index is 13.8. The third kappa shape index (κ3) is 4.30. The van der Waals surface area contributed by atoms with E-state index >= 15 is 0 Å². The van der Waals surface area contributed by atoms with Gasteiger partial charge in [-0.15, -0.1) is 0 Å². The van der Waals surface area contributed by atoms with E-state index in [9.17, 15) is 22.0 Å². The van der Waals surface area contributed by atoms with Gasteiger partial charge in [0.2, 0.25) is 5.95 Å². The Morgan fingerprint density at radius 1 is 0.852 bits per heavy atom. The molecule has 2 N–H and O–H groups in total. The van der Waals surface area contributed by atoms with Crippen molar-refractivity contribution in [3.05, 3.63) is 71.4 Å². The Balaban J connectivity index is 1.93. The van der Waals surface area contributed by atoms with Crippen molar-refractivity contribution in [2.75, 3.05) is 10.6 Å². The summed E-state index contributed by atoms with van der Waals surface area (Å²) in [5.74, 6) is -1.82. The number of halogens is 5. The van der Waals surface area contributed by atoms with E-state index in [-0.39, 0.29) is 17.5 Å². The Morgan fingerprint density at radius 2 is 1.52 bits per heavy atom. The van der Waals surface area contributed by atoms with Crippen LogP contribution in [0.4, 0.5) is 45.1 Å². The van der Waals surface area contributed by atoms with Crippen LogP contribution in [0, 0.1) is 18.6 Å². The van der Waals surface area contributed by atoms with Gasteiger partial charge in [0.05, 0.1) is 11.3 Å². The minimum atomic E-state index is -4.55. The van der Waals surface area contributed by atoms with Crippen LogP contribution < -0.4 is 10.6 Å². The predicted octanol–water partition coefficient (Wildman–Crippen LogP) is 5.57. The fraction of sp³-hybridized carbons (Fsp3) is 0.111. The van der Waals surface area contributed by atoms with Crippen LogP contribution in [-0.4, -0.2) is 9.97 Å². The van der Waals surface area contributed by atoms with Crippen molar-refractivity contribution in [1.82, 2.24) is 9.97 Å². The first-order chi connectivity index (χ1) is 12.7. The van der Waals surface area contributed by atoms with Crippen molar-refractivity contribution in [1.29, 1.82) is 0 Å². The molecule has 27 heavy (non-hydrogen) atoms. The molecule has 3 rings (SSSR count). The molecule has 2 aromatic carbocycles. The zero-order valence-electron chi connectivity index (χ0n) is 13.9. The van der Waals surface area contributed by atoms with Crippen LogP contribution in [0.25, 0.3) is 0 Å². The van der Waals surface area contributed by atoms with Crippen LogP contribution in [0.3, 0.4) is 0 Å². The van der Waals surface area contributed by atoms with Gasteiger partial charge >= 0.3 is 6.18 Å². The van der Waals surface area contributed by atoms with Gasteiger partial charge in [-0.2, -0.15) is 18.2 Å². The van der Waals surface area contributed by atoms with E-state index in [1.165, 1.54) is 30.3 Å². The third-order valence-electron chi connectivity index (χ3n) is 3.55. The fourth-order valence-electron chi connectivity index (χ4n) is 2.39. The Morgan fingerprint density at radius 3 is 2.19 bits per heavy atom. The minimum absolute atomic E-state index is 0.0402. The molecule has 0 fully saturated rings. The third-order valence-corrected chi connectivity index (χ3v) is 3.55. The quantitative estimate of drug-likeness (QED) is 0.581. The molecule has 140 valence electrons. The highest BCUT2D eigenvalue weighted by molar-refractivity contribution is 5.63. The Bertz CT molecular complexity index is 952. The van der Waals surface area contributed by atoms with Crippen LogP contribution in [0.2, 0.25) is 0 Å². The number of anilines is 4. The van der Waals surface area contributed by atoms with Crippen LogP contribution in [0.1, 0.15) is 11.3 Å². The predicted molar refractivity (Wildman–Crippen MR) is 91.1 cm³/mol. The normalized spacial score (nSPS) is 11.3. The van der Waals surface area contributed by atoms with E-state index in [4.69, 9.17) is 0 Å². The number of rotatable bonds is 4. The number of aromatic nitrogens is 2. The standard InChI is InChI=1S/C18H13F5N4/c1-10-9-15(25-14-8-3-2-5-11(14)18(21,22)23)26-17(24-10)27-16-12(19)6-4-7-13(16)20/h2-9H,1H3,(H2,24,25,26,27). The van der Waals surface area contributed by atoms with Gasteiger partial charge in [0.1, 0.15) is 23.1 Å². The van der Waals surface area contributed by atoms with Crippen molar-refractivity contribution in [2.24, 2.45) is 0 Å². The van der Waals surface area contributed by atoms with E-state index in [0.29, 0.717) is 5.69 Å². The Labute approximate surface area is 151 Å². The van der Waals surface area contributed by atoms with Crippen LogP contribution >= 0.6 is 0 Å². The number of benzene rings is 2. The topological polar surface area (TPSA) is 49.8 Å². The molecular formula is C18H13F5N4. The van der Waals surface area contributed by atoms with Gasteiger partial charge in [0.15, 0.2) is 0 Å². The van der Waals surface area contributed by atoms with Gasteiger partial charge in [0.25, 0.3) is 0 Å². The Kier molecular flexibility index (Phi) is 4.93. The van der Waals surface area contributed by atoms with Gasteiger partial charge in [0, 0.05) is 11.8 Å². The summed E-state index contributed by atoms with van der Waals surface area (Å²) >= 11 is 0. The van der Waals surface area contributed by atoms with Crippen LogP contribution in [0.15, 0.2) is 48.5 Å². The molecule has 0 unspecified atom stereocenters. The molecule has 0 radical (unpaired) electrons. The molecule has 0 aliphatic rings. The number of nitrogens with one attached hydrogen (secondary N) is 2. The molecule has 1 aromatic heterocycles. The largest absolute Gasteiger partial charge is 0.418 e. The van der Waals surface area contributed by atoms with E-state index in [1.54, 1.807) is 6.92 Å². The summed E-state index contributed by atoms with van der Waals surface area (Å²) in [6, 6.07) is 9.63. The molecule has 3 aromatic rings. The average Bonchev–Trinajstić information content (AvgIpc) is 2.57. The Hall–Kier alpha value is -3.23. The lowest BCUT2D eigenvalue weighted by Gasteiger charge is -2.15. The van der Waals surface area contributed by atoms with E-state index in [0.717, 1.165) is 18.2 Å². The molecule has 0 saturated carbocycles. The molecule has 0 spiro atoms. The maximum Gasteiger partial charge on any atom is 0.418 e. The van der Waals surface area contributed by atoms with Crippen molar-refractivity contribution in [2.45, 2.75) is 13.1 Å². The van der Waals surface area contributed by atoms with Crippen molar-refractivity contribution in [3.8, 4) is 0 Å².